The minimum atomic E-state index is -0.288. The molecule has 4 rings (SSSR count). The van der Waals surface area contributed by atoms with E-state index in [-0.39, 0.29) is 24.3 Å². The molecule has 2 aromatic heterocycles. The standard InChI is InChI=1S/C23H24N4O3/c1-15-9-10-20(16(2)11-15)27-12-19-21(26-27)24-23(25-22(19)28)30-13-17(3)29-14-18-7-5-4-6-8-18/h4-12,17H,13-14H2,1-3H3,(H,24,25,26,28). The zero-order chi connectivity index (χ0) is 21.1. The highest BCUT2D eigenvalue weighted by molar-refractivity contribution is 5.73. The summed E-state index contributed by atoms with van der Waals surface area (Å²) in [6, 6.07) is 16.1. The van der Waals surface area contributed by atoms with Crippen LogP contribution in [0, 0.1) is 13.8 Å². The van der Waals surface area contributed by atoms with Gasteiger partial charge in [0.2, 0.25) is 0 Å². The van der Waals surface area contributed by atoms with Gasteiger partial charge in [0.15, 0.2) is 5.65 Å². The van der Waals surface area contributed by atoms with E-state index in [4.69, 9.17) is 9.47 Å². The minimum absolute atomic E-state index is 0.133. The van der Waals surface area contributed by atoms with Crippen LogP contribution < -0.4 is 10.3 Å². The van der Waals surface area contributed by atoms with Crippen LogP contribution >= 0.6 is 0 Å². The van der Waals surface area contributed by atoms with Crippen molar-refractivity contribution in [1.82, 2.24) is 19.7 Å². The fourth-order valence-electron chi connectivity index (χ4n) is 3.21. The Labute approximate surface area is 174 Å². The molecule has 7 nitrogen and oxygen atoms in total. The van der Waals surface area contributed by atoms with Gasteiger partial charge in [-0.05, 0) is 38.0 Å². The normalized spacial score (nSPS) is 12.2. The van der Waals surface area contributed by atoms with Gasteiger partial charge in [-0.2, -0.15) is 4.98 Å². The van der Waals surface area contributed by atoms with E-state index in [1.165, 1.54) is 5.56 Å². The van der Waals surface area contributed by atoms with Gasteiger partial charge in [-0.25, -0.2) is 4.68 Å². The molecule has 2 aromatic carbocycles. The minimum Gasteiger partial charge on any atom is -0.462 e. The molecule has 0 fully saturated rings. The molecule has 0 amide bonds. The predicted molar refractivity (Wildman–Crippen MR) is 115 cm³/mol. The number of nitrogens with zero attached hydrogens (tertiary/aromatic N) is 3. The number of ether oxygens (including phenoxy) is 2. The highest BCUT2D eigenvalue weighted by atomic mass is 16.5. The molecule has 0 saturated heterocycles. The molecule has 0 aliphatic heterocycles. The Balaban J connectivity index is 1.47. The van der Waals surface area contributed by atoms with E-state index in [9.17, 15) is 4.79 Å². The van der Waals surface area contributed by atoms with E-state index in [0.29, 0.717) is 17.6 Å². The first-order chi connectivity index (χ1) is 14.5. The third-order valence-corrected chi connectivity index (χ3v) is 4.80. The second-order valence-electron chi connectivity index (χ2n) is 7.39. The molecular formula is C23H24N4O3. The summed E-state index contributed by atoms with van der Waals surface area (Å²) in [6.07, 6.45) is 1.52. The highest BCUT2D eigenvalue weighted by Gasteiger charge is 2.13. The molecule has 0 aliphatic carbocycles. The average Bonchev–Trinajstić information content (AvgIpc) is 3.16. The largest absolute Gasteiger partial charge is 0.462 e. The van der Waals surface area contributed by atoms with Gasteiger partial charge in [-0.1, -0.05) is 48.0 Å². The first-order valence-electron chi connectivity index (χ1n) is 9.85. The number of H-pyrrole nitrogens is 1. The van der Waals surface area contributed by atoms with Crippen molar-refractivity contribution in [3.8, 4) is 11.7 Å². The third-order valence-electron chi connectivity index (χ3n) is 4.80. The van der Waals surface area contributed by atoms with Gasteiger partial charge in [0.25, 0.3) is 11.6 Å². The van der Waals surface area contributed by atoms with Gasteiger partial charge in [-0.15, -0.1) is 5.10 Å². The molecule has 1 N–H and O–H groups in total. The van der Waals surface area contributed by atoms with E-state index < -0.39 is 0 Å². The number of aromatic nitrogens is 4. The first kappa shape index (κ1) is 19.8. The molecule has 7 heteroatoms. The predicted octanol–water partition coefficient (Wildman–Crippen LogP) is 3.71. The van der Waals surface area contributed by atoms with Crippen LogP contribution in [-0.4, -0.2) is 32.5 Å². The first-order valence-corrected chi connectivity index (χ1v) is 9.85. The summed E-state index contributed by atoms with van der Waals surface area (Å²) in [7, 11) is 0. The summed E-state index contributed by atoms with van der Waals surface area (Å²) >= 11 is 0. The van der Waals surface area contributed by atoms with Gasteiger partial charge < -0.3 is 9.47 Å². The molecule has 0 bridgehead atoms. The van der Waals surface area contributed by atoms with Crippen LogP contribution in [0.1, 0.15) is 23.6 Å². The van der Waals surface area contributed by atoms with Crippen LogP contribution in [0.15, 0.2) is 59.5 Å². The summed E-state index contributed by atoms with van der Waals surface area (Å²) < 4.78 is 13.1. The Bertz CT molecular complexity index is 1210. The number of nitrogens with one attached hydrogen (secondary N) is 1. The van der Waals surface area contributed by atoms with E-state index in [0.717, 1.165) is 16.8 Å². The number of aryl methyl sites for hydroxylation is 2. The van der Waals surface area contributed by atoms with Crippen molar-refractivity contribution in [1.29, 1.82) is 0 Å². The van der Waals surface area contributed by atoms with Crippen LogP contribution in [0.3, 0.4) is 0 Å². The van der Waals surface area contributed by atoms with Crippen LogP contribution in [0.4, 0.5) is 0 Å². The number of fused-ring (bicyclic) bond motifs is 1. The zero-order valence-electron chi connectivity index (χ0n) is 17.3. The lowest BCUT2D eigenvalue weighted by Gasteiger charge is -2.13. The van der Waals surface area contributed by atoms with Crippen molar-refractivity contribution in [2.75, 3.05) is 6.61 Å². The number of hydrogen-bond acceptors (Lipinski definition) is 5. The second kappa shape index (κ2) is 8.51. The van der Waals surface area contributed by atoms with Crippen molar-refractivity contribution in [3.05, 3.63) is 81.8 Å². The van der Waals surface area contributed by atoms with Crippen molar-refractivity contribution >= 4 is 11.0 Å². The maximum absolute atomic E-state index is 12.5. The van der Waals surface area contributed by atoms with Crippen LogP contribution in [0.25, 0.3) is 16.7 Å². The summed E-state index contributed by atoms with van der Waals surface area (Å²) in [6.45, 7) is 6.72. The van der Waals surface area contributed by atoms with Crippen molar-refractivity contribution in [2.24, 2.45) is 0 Å². The fraction of sp³-hybridized carbons (Fsp3) is 0.261. The summed E-state index contributed by atoms with van der Waals surface area (Å²) in [5.74, 6) is 0. The number of rotatable bonds is 7. The van der Waals surface area contributed by atoms with Gasteiger partial charge >= 0.3 is 0 Å². The number of aromatic amines is 1. The zero-order valence-corrected chi connectivity index (χ0v) is 17.3. The highest BCUT2D eigenvalue weighted by Crippen LogP contribution is 2.18. The molecule has 0 aliphatic rings. The molecule has 154 valence electrons. The van der Waals surface area contributed by atoms with Gasteiger partial charge in [0, 0.05) is 6.20 Å². The fourth-order valence-corrected chi connectivity index (χ4v) is 3.21. The smallest absolute Gasteiger partial charge is 0.298 e. The van der Waals surface area contributed by atoms with Gasteiger partial charge in [0.05, 0.1) is 18.4 Å². The maximum Gasteiger partial charge on any atom is 0.298 e. The molecule has 0 saturated carbocycles. The Morgan fingerprint density at radius 2 is 1.93 bits per heavy atom. The van der Waals surface area contributed by atoms with Gasteiger partial charge in [0.1, 0.15) is 12.0 Å². The SMILES string of the molecule is Cc1ccc(-n2cc3c(=O)[nH]c(OCC(C)OCc4ccccc4)nc3n2)c(C)c1. The molecule has 0 spiro atoms. The Kier molecular flexibility index (Phi) is 5.63. The van der Waals surface area contributed by atoms with E-state index >= 15 is 0 Å². The Morgan fingerprint density at radius 3 is 2.70 bits per heavy atom. The third kappa shape index (κ3) is 4.41. The Hall–Kier alpha value is -3.45. The lowest BCUT2D eigenvalue weighted by Crippen LogP contribution is -2.20. The summed E-state index contributed by atoms with van der Waals surface area (Å²) in [5, 5.41) is 4.89. The number of benzene rings is 2. The van der Waals surface area contributed by atoms with Crippen molar-refractivity contribution in [3.63, 3.8) is 0 Å². The van der Waals surface area contributed by atoms with Crippen molar-refractivity contribution in [2.45, 2.75) is 33.5 Å². The topological polar surface area (TPSA) is 82.0 Å². The van der Waals surface area contributed by atoms with E-state index in [1.807, 2.05) is 63.2 Å². The molecule has 1 atom stereocenters. The van der Waals surface area contributed by atoms with Crippen LogP contribution in [0.5, 0.6) is 6.01 Å². The Morgan fingerprint density at radius 1 is 1.13 bits per heavy atom. The van der Waals surface area contributed by atoms with Crippen LogP contribution in [-0.2, 0) is 11.3 Å². The van der Waals surface area contributed by atoms with Gasteiger partial charge in [-0.3, -0.25) is 9.78 Å². The molecule has 1 unspecified atom stereocenters. The lowest BCUT2D eigenvalue weighted by molar-refractivity contribution is 0.0191. The molecule has 0 radical (unpaired) electrons. The molecule has 4 aromatic rings. The maximum atomic E-state index is 12.5. The lowest BCUT2D eigenvalue weighted by atomic mass is 10.1. The molecular weight excluding hydrogens is 380 g/mol. The van der Waals surface area contributed by atoms with E-state index in [1.54, 1.807) is 10.9 Å². The monoisotopic (exact) mass is 404 g/mol. The van der Waals surface area contributed by atoms with Crippen LogP contribution in [0.2, 0.25) is 0 Å². The molecule has 30 heavy (non-hydrogen) atoms. The van der Waals surface area contributed by atoms with Crippen molar-refractivity contribution < 1.29 is 9.47 Å². The summed E-state index contributed by atoms with van der Waals surface area (Å²) in [4.78, 5) is 19.5. The quantitative estimate of drug-likeness (QED) is 0.508. The number of hydrogen-bond donors (Lipinski definition) is 1. The average molecular weight is 404 g/mol. The molecule has 2 heterocycles. The van der Waals surface area contributed by atoms with E-state index in [2.05, 4.69) is 21.1 Å². The summed E-state index contributed by atoms with van der Waals surface area (Å²) in [5.41, 5.74) is 4.29. The second-order valence-corrected chi connectivity index (χ2v) is 7.39.